The molecule has 2 aromatic rings. The van der Waals surface area contributed by atoms with E-state index in [1.807, 2.05) is 31.2 Å². The monoisotopic (exact) mass is 447 g/mol. The summed E-state index contributed by atoms with van der Waals surface area (Å²) in [7, 11) is 1.68. The molecule has 0 saturated carbocycles. The molecule has 1 aliphatic heterocycles. The molecule has 0 spiro atoms. The summed E-state index contributed by atoms with van der Waals surface area (Å²) in [6.45, 7) is 3.57. The topological polar surface area (TPSA) is 57.1 Å². The molecule has 1 fully saturated rings. The van der Waals surface area contributed by atoms with Gasteiger partial charge in [-0.25, -0.2) is 0 Å². The van der Waals surface area contributed by atoms with Crippen molar-refractivity contribution in [1.82, 2.24) is 10.6 Å². The van der Waals surface area contributed by atoms with Crippen LogP contribution in [0.15, 0.2) is 40.9 Å². The van der Waals surface area contributed by atoms with Crippen LogP contribution < -0.4 is 15.4 Å². The molecule has 6 heteroatoms. The van der Waals surface area contributed by atoms with E-state index in [0.29, 0.717) is 0 Å². The lowest BCUT2D eigenvalue weighted by molar-refractivity contribution is 0.270. The van der Waals surface area contributed by atoms with Crippen LogP contribution in [0.25, 0.3) is 0 Å². The van der Waals surface area contributed by atoms with Gasteiger partial charge in [-0.3, -0.25) is 10.6 Å². The first kappa shape index (κ1) is 20.2. The molecular formula is C21H23BrClN3O. The fourth-order valence-corrected chi connectivity index (χ4v) is 4.47. The molecule has 1 heterocycles. The maximum absolute atomic E-state index is 9.60. The van der Waals surface area contributed by atoms with Crippen LogP contribution in [0.3, 0.4) is 0 Å². The second-order valence-corrected chi connectivity index (χ2v) is 8.06. The van der Waals surface area contributed by atoms with Gasteiger partial charge in [-0.05, 0) is 60.7 Å². The highest BCUT2D eigenvalue weighted by molar-refractivity contribution is 9.10. The smallest absolute Gasteiger partial charge is 0.122 e. The Morgan fingerprint density at radius 3 is 2.67 bits per heavy atom. The third-order valence-electron chi connectivity index (χ3n) is 5.21. The number of benzene rings is 2. The van der Waals surface area contributed by atoms with Crippen LogP contribution in [-0.2, 0) is 18.5 Å². The zero-order chi connectivity index (χ0) is 19.4. The van der Waals surface area contributed by atoms with E-state index in [9.17, 15) is 5.26 Å². The fraction of sp³-hybridized carbons (Fsp3) is 0.381. The van der Waals surface area contributed by atoms with Crippen LogP contribution in [0.4, 0.5) is 0 Å². The van der Waals surface area contributed by atoms with Crippen molar-refractivity contribution in [3.63, 3.8) is 0 Å². The minimum absolute atomic E-state index is 0.238. The Balaban J connectivity index is 1.98. The maximum Gasteiger partial charge on any atom is 0.122 e. The lowest BCUT2D eigenvalue weighted by atomic mass is 9.84. The standard InChI is InChI=1S/C21H23BrClN3O/c1-14(13-24)21(25-10-11-26-21)18-4-3-5-19(23)17(18)8-6-15-12-16(22)7-9-20(15)27-2/h3-5,7,9,12,14,25-26H,6,8,10-11H2,1-2H3. The second-order valence-electron chi connectivity index (χ2n) is 6.73. The largest absolute Gasteiger partial charge is 0.496 e. The zero-order valence-electron chi connectivity index (χ0n) is 15.5. The molecule has 0 bridgehead atoms. The van der Waals surface area contributed by atoms with E-state index in [-0.39, 0.29) is 5.92 Å². The van der Waals surface area contributed by atoms with Gasteiger partial charge in [-0.15, -0.1) is 0 Å². The molecule has 2 aromatic carbocycles. The number of methoxy groups -OCH3 is 1. The van der Waals surface area contributed by atoms with Crippen LogP contribution in [0.2, 0.25) is 5.02 Å². The van der Waals surface area contributed by atoms with Crippen molar-refractivity contribution < 1.29 is 4.74 Å². The first-order valence-corrected chi connectivity index (χ1v) is 10.2. The average Bonchev–Trinajstić information content (AvgIpc) is 3.17. The molecule has 2 N–H and O–H groups in total. The zero-order valence-corrected chi connectivity index (χ0v) is 17.8. The molecule has 1 unspecified atom stereocenters. The Kier molecular flexibility index (Phi) is 6.44. The molecule has 1 aliphatic rings. The molecule has 27 heavy (non-hydrogen) atoms. The van der Waals surface area contributed by atoms with Gasteiger partial charge in [0.05, 0.1) is 19.1 Å². The highest BCUT2D eigenvalue weighted by atomic mass is 79.9. The van der Waals surface area contributed by atoms with Crippen molar-refractivity contribution in [3.8, 4) is 11.8 Å². The summed E-state index contributed by atoms with van der Waals surface area (Å²) < 4.78 is 6.52. The maximum atomic E-state index is 9.60. The number of rotatable bonds is 6. The van der Waals surface area contributed by atoms with Crippen LogP contribution >= 0.6 is 27.5 Å². The summed E-state index contributed by atoms with van der Waals surface area (Å²) in [5.74, 6) is 0.627. The van der Waals surface area contributed by atoms with Crippen molar-refractivity contribution in [1.29, 1.82) is 5.26 Å². The van der Waals surface area contributed by atoms with Gasteiger partial charge in [0, 0.05) is 22.6 Å². The van der Waals surface area contributed by atoms with Crippen molar-refractivity contribution >= 4 is 27.5 Å². The van der Waals surface area contributed by atoms with E-state index in [1.165, 1.54) is 0 Å². The third-order valence-corrected chi connectivity index (χ3v) is 6.05. The molecule has 1 atom stereocenters. The second kappa shape index (κ2) is 8.62. The van der Waals surface area contributed by atoms with Gasteiger partial charge in [0.2, 0.25) is 0 Å². The molecule has 0 amide bonds. The van der Waals surface area contributed by atoms with Crippen LogP contribution in [-0.4, -0.2) is 20.2 Å². The quantitative estimate of drug-likeness (QED) is 0.687. The van der Waals surface area contributed by atoms with Crippen LogP contribution in [0.5, 0.6) is 5.75 Å². The van der Waals surface area contributed by atoms with Gasteiger partial charge in [0.25, 0.3) is 0 Å². The number of nitrogens with zero attached hydrogens (tertiary/aromatic N) is 1. The fourth-order valence-electron chi connectivity index (χ4n) is 3.79. The van der Waals surface area contributed by atoms with Crippen molar-refractivity contribution in [2.75, 3.05) is 20.2 Å². The predicted octanol–water partition coefficient (Wildman–Crippen LogP) is 4.40. The number of aryl methyl sites for hydroxylation is 1. The van der Waals surface area contributed by atoms with Crippen molar-refractivity contribution in [3.05, 3.63) is 62.6 Å². The van der Waals surface area contributed by atoms with Crippen molar-refractivity contribution in [2.45, 2.75) is 25.4 Å². The summed E-state index contributed by atoms with van der Waals surface area (Å²) in [5, 5.41) is 17.3. The highest BCUT2D eigenvalue weighted by Crippen LogP contribution is 2.35. The molecule has 3 rings (SSSR count). The molecular weight excluding hydrogens is 426 g/mol. The summed E-state index contributed by atoms with van der Waals surface area (Å²) in [6, 6.07) is 14.3. The Hall–Kier alpha value is -1.58. The van der Waals surface area contributed by atoms with E-state index in [4.69, 9.17) is 16.3 Å². The minimum Gasteiger partial charge on any atom is -0.496 e. The Bertz CT molecular complexity index is 859. The number of nitriles is 1. The summed E-state index contributed by atoms with van der Waals surface area (Å²) in [4.78, 5) is 0. The van der Waals surface area contributed by atoms with E-state index in [1.54, 1.807) is 7.11 Å². The van der Waals surface area contributed by atoms with Crippen LogP contribution in [0, 0.1) is 17.2 Å². The number of halogens is 2. The van der Waals surface area contributed by atoms with Crippen molar-refractivity contribution in [2.24, 2.45) is 5.92 Å². The number of hydrogen-bond acceptors (Lipinski definition) is 4. The van der Waals surface area contributed by atoms with Gasteiger partial charge in [0.1, 0.15) is 11.4 Å². The first-order valence-electron chi connectivity index (χ1n) is 9.01. The third kappa shape index (κ3) is 4.00. The molecule has 1 saturated heterocycles. The van der Waals surface area contributed by atoms with Gasteiger partial charge in [-0.1, -0.05) is 39.7 Å². The van der Waals surface area contributed by atoms with E-state index < -0.39 is 5.66 Å². The van der Waals surface area contributed by atoms with E-state index in [0.717, 1.165) is 57.9 Å². The van der Waals surface area contributed by atoms with E-state index >= 15 is 0 Å². The number of ether oxygens (including phenoxy) is 1. The highest BCUT2D eigenvalue weighted by Gasteiger charge is 2.42. The lowest BCUT2D eigenvalue weighted by Crippen LogP contribution is -2.51. The SMILES string of the molecule is COc1ccc(Br)cc1CCc1c(Cl)cccc1C1(C(C)C#N)NCCN1. The Morgan fingerprint density at radius 1 is 1.26 bits per heavy atom. The predicted molar refractivity (Wildman–Crippen MR) is 112 cm³/mol. The number of nitrogens with one attached hydrogen (secondary N) is 2. The summed E-state index contributed by atoms with van der Waals surface area (Å²) in [6.07, 6.45) is 1.54. The Morgan fingerprint density at radius 2 is 2.00 bits per heavy atom. The first-order chi connectivity index (χ1) is 13.0. The summed E-state index contributed by atoms with van der Waals surface area (Å²) >= 11 is 10.1. The molecule has 142 valence electrons. The van der Waals surface area contributed by atoms with E-state index in [2.05, 4.69) is 44.8 Å². The average molecular weight is 449 g/mol. The van der Waals surface area contributed by atoms with Gasteiger partial charge < -0.3 is 4.74 Å². The summed E-state index contributed by atoms with van der Waals surface area (Å²) in [5.41, 5.74) is 2.66. The van der Waals surface area contributed by atoms with Gasteiger partial charge >= 0.3 is 0 Å². The van der Waals surface area contributed by atoms with Gasteiger partial charge in [0.15, 0.2) is 0 Å². The van der Waals surface area contributed by atoms with Gasteiger partial charge in [-0.2, -0.15) is 5.26 Å². The molecule has 0 aliphatic carbocycles. The molecule has 0 aromatic heterocycles. The minimum atomic E-state index is -0.573. The normalized spacial score (nSPS) is 16.7. The molecule has 0 radical (unpaired) electrons. The number of hydrogen-bond donors (Lipinski definition) is 2. The Labute approximate surface area is 174 Å². The van der Waals surface area contributed by atoms with Crippen LogP contribution in [0.1, 0.15) is 23.6 Å². The molecule has 4 nitrogen and oxygen atoms in total. The lowest BCUT2D eigenvalue weighted by Gasteiger charge is -2.35.